The van der Waals surface area contributed by atoms with Crippen LogP contribution in [0.1, 0.15) is 11.9 Å². The average Bonchev–Trinajstić information content (AvgIpc) is 2.52. The number of aliphatic hydroxyl groups is 1. The zero-order valence-corrected chi connectivity index (χ0v) is 12.8. The molecule has 4 nitrogen and oxygen atoms in total. The van der Waals surface area contributed by atoms with Crippen molar-refractivity contribution in [3.05, 3.63) is 16.1 Å². The van der Waals surface area contributed by atoms with Crippen LogP contribution < -0.4 is 0 Å². The van der Waals surface area contributed by atoms with Gasteiger partial charge < -0.3 is 14.8 Å². The molecule has 1 aromatic rings. The lowest BCUT2D eigenvalue weighted by molar-refractivity contribution is 0.0375. The van der Waals surface area contributed by atoms with Crippen molar-refractivity contribution in [3.63, 3.8) is 0 Å². The number of hydrogen-bond donors (Lipinski definition) is 2. The SMILES string of the molecule is C[Si](C)(C)CCOCC(O)c1nc(Cl)c(Cl)[nH]1. The van der Waals surface area contributed by atoms with Gasteiger partial charge in [0.1, 0.15) is 17.1 Å². The van der Waals surface area contributed by atoms with E-state index in [0.29, 0.717) is 12.4 Å². The third-order valence-electron chi connectivity index (χ3n) is 2.23. The smallest absolute Gasteiger partial charge is 0.166 e. The first-order valence-electron chi connectivity index (χ1n) is 5.46. The minimum absolute atomic E-state index is 0.169. The predicted molar refractivity (Wildman–Crippen MR) is 72.5 cm³/mol. The highest BCUT2D eigenvalue weighted by Gasteiger charge is 2.16. The standard InChI is InChI=1S/C10H18Cl2N2O2Si/c1-17(2,3)5-4-16-6-7(15)10-13-8(11)9(12)14-10/h7,15H,4-6H2,1-3H3,(H,13,14). The molecule has 0 amide bonds. The van der Waals surface area contributed by atoms with Crippen molar-refractivity contribution < 1.29 is 9.84 Å². The maximum Gasteiger partial charge on any atom is 0.166 e. The second-order valence-electron chi connectivity index (χ2n) is 5.13. The Morgan fingerprint density at radius 2 is 2.06 bits per heavy atom. The van der Waals surface area contributed by atoms with Gasteiger partial charge in [-0.15, -0.1) is 0 Å². The van der Waals surface area contributed by atoms with Crippen LogP contribution in [0.15, 0.2) is 0 Å². The molecule has 0 saturated carbocycles. The lowest BCUT2D eigenvalue weighted by Crippen LogP contribution is -2.22. The molecule has 0 aromatic carbocycles. The van der Waals surface area contributed by atoms with Crippen LogP contribution in [0.4, 0.5) is 0 Å². The van der Waals surface area contributed by atoms with Gasteiger partial charge in [0, 0.05) is 14.7 Å². The number of imidazole rings is 1. The van der Waals surface area contributed by atoms with Gasteiger partial charge in [0.2, 0.25) is 0 Å². The molecule has 17 heavy (non-hydrogen) atoms. The fourth-order valence-corrected chi connectivity index (χ4v) is 2.19. The van der Waals surface area contributed by atoms with Gasteiger partial charge >= 0.3 is 0 Å². The van der Waals surface area contributed by atoms with E-state index in [1.807, 2.05) is 0 Å². The van der Waals surface area contributed by atoms with E-state index in [1.54, 1.807) is 0 Å². The summed E-state index contributed by atoms with van der Waals surface area (Å²) in [5.41, 5.74) is 0. The van der Waals surface area contributed by atoms with Crippen molar-refractivity contribution in [2.24, 2.45) is 0 Å². The van der Waals surface area contributed by atoms with E-state index < -0.39 is 14.2 Å². The van der Waals surface area contributed by atoms with Crippen LogP contribution in [0, 0.1) is 0 Å². The molecule has 0 radical (unpaired) electrons. The van der Waals surface area contributed by atoms with Gasteiger partial charge in [0.25, 0.3) is 0 Å². The Hall–Kier alpha value is -0.0731. The fraction of sp³-hybridized carbons (Fsp3) is 0.700. The fourth-order valence-electron chi connectivity index (χ4n) is 1.16. The molecule has 0 saturated heterocycles. The Morgan fingerprint density at radius 1 is 1.41 bits per heavy atom. The summed E-state index contributed by atoms with van der Waals surface area (Å²) in [5.74, 6) is 0.341. The highest BCUT2D eigenvalue weighted by molar-refractivity contribution is 6.76. The van der Waals surface area contributed by atoms with Crippen molar-refractivity contribution in [1.82, 2.24) is 9.97 Å². The highest BCUT2D eigenvalue weighted by Crippen LogP contribution is 2.21. The third-order valence-corrected chi connectivity index (χ3v) is 4.57. The minimum Gasteiger partial charge on any atom is -0.383 e. The lowest BCUT2D eigenvalue weighted by atomic mass is 10.4. The number of H-pyrrole nitrogens is 1. The van der Waals surface area contributed by atoms with Crippen molar-refractivity contribution in [3.8, 4) is 0 Å². The number of ether oxygens (including phenoxy) is 1. The molecule has 0 bridgehead atoms. The van der Waals surface area contributed by atoms with Crippen molar-refractivity contribution in [2.45, 2.75) is 31.8 Å². The van der Waals surface area contributed by atoms with Gasteiger partial charge in [-0.05, 0) is 6.04 Å². The van der Waals surface area contributed by atoms with Gasteiger partial charge in [-0.3, -0.25) is 0 Å². The molecule has 0 aliphatic heterocycles. The van der Waals surface area contributed by atoms with Gasteiger partial charge in [0.15, 0.2) is 5.15 Å². The Bertz CT molecular complexity index is 346. The Kier molecular flexibility index (Phi) is 5.46. The van der Waals surface area contributed by atoms with Crippen LogP contribution in [-0.2, 0) is 4.74 Å². The summed E-state index contributed by atoms with van der Waals surface area (Å²) in [6.07, 6.45) is -0.818. The molecule has 1 unspecified atom stereocenters. The summed E-state index contributed by atoms with van der Waals surface area (Å²) in [5, 5.41) is 10.2. The summed E-state index contributed by atoms with van der Waals surface area (Å²) in [7, 11) is -1.09. The maximum atomic E-state index is 9.76. The van der Waals surface area contributed by atoms with Crippen LogP contribution in [0.5, 0.6) is 0 Å². The number of rotatable bonds is 6. The van der Waals surface area contributed by atoms with Gasteiger partial charge in [-0.2, -0.15) is 0 Å². The van der Waals surface area contributed by atoms with Crippen LogP contribution >= 0.6 is 23.2 Å². The van der Waals surface area contributed by atoms with Gasteiger partial charge in [-0.25, -0.2) is 4.98 Å². The molecular formula is C10H18Cl2N2O2Si. The summed E-state index contributed by atoms with van der Waals surface area (Å²) in [4.78, 5) is 6.60. The molecule has 7 heteroatoms. The Labute approximate surface area is 112 Å². The Morgan fingerprint density at radius 3 is 2.53 bits per heavy atom. The molecule has 1 heterocycles. The van der Waals surface area contributed by atoms with E-state index in [1.165, 1.54) is 0 Å². The number of nitrogens with zero attached hydrogens (tertiary/aromatic N) is 1. The topological polar surface area (TPSA) is 58.1 Å². The lowest BCUT2D eigenvalue weighted by Gasteiger charge is -2.16. The van der Waals surface area contributed by atoms with E-state index in [9.17, 15) is 5.11 Å². The number of hydrogen-bond acceptors (Lipinski definition) is 3. The second kappa shape index (κ2) is 6.20. The number of aliphatic hydroxyl groups excluding tert-OH is 1. The van der Waals surface area contributed by atoms with Crippen molar-refractivity contribution in [2.75, 3.05) is 13.2 Å². The number of aromatic amines is 1. The maximum absolute atomic E-state index is 9.76. The van der Waals surface area contributed by atoms with Crippen LogP contribution in [0.25, 0.3) is 0 Å². The van der Waals surface area contributed by atoms with Crippen molar-refractivity contribution in [1.29, 1.82) is 0 Å². The molecule has 98 valence electrons. The van der Waals surface area contributed by atoms with E-state index >= 15 is 0 Å². The molecule has 0 fully saturated rings. The first-order valence-corrected chi connectivity index (χ1v) is 9.92. The van der Waals surface area contributed by atoms with Crippen LogP contribution in [-0.4, -0.2) is 36.4 Å². The van der Waals surface area contributed by atoms with Crippen LogP contribution in [0.2, 0.25) is 36.0 Å². The zero-order chi connectivity index (χ0) is 13.1. The molecule has 0 aliphatic rings. The molecule has 2 N–H and O–H groups in total. The first-order chi connectivity index (χ1) is 7.79. The van der Waals surface area contributed by atoms with E-state index in [2.05, 4.69) is 29.6 Å². The van der Waals surface area contributed by atoms with Gasteiger partial charge in [0.05, 0.1) is 6.61 Å². The third kappa shape index (κ3) is 5.40. The predicted octanol–water partition coefficient (Wildman–Crippen LogP) is 3.10. The molecule has 0 spiro atoms. The first kappa shape index (κ1) is 15.0. The van der Waals surface area contributed by atoms with E-state index in [-0.39, 0.29) is 16.9 Å². The zero-order valence-electron chi connectivity index (χ0n) is 10.3. The monoisotopic (exact) mass is 296 g/mol. The summed E-state index contributed by atoms with van der Waals surface area (Å²) in [6, 6.07) is 1.07. The normalized spacial score (nSPS) is 14.0. The summed E-state index contributed by atoms with van der Waals surface area (Å²) in [6.45, 7) is 7.69. The second-order valence-corrected chi connectivity index (χ2v) is 11.5. The average molecular weight is 297 g/mol. The van der Waals surface area contributed by atoms with E-state index in [4.69, 9.17) is 27.9 Å². The van der Waals surface area contributed by atoms with Gasteiger partial charge in [-0.1, -0.05) is 42.8 Å². The number of halogens is 2. The number of aromatic nitrogens is 2. The highest BCUT2D eigenvalue weighted by atomic mass is 35.5. The number of nitrogens with one attached hydrogen (secondary N) is 1. The largest absolute Gasteiger partial charge is 0.383 e. The molecule has 1 atom stereocenters. The molecule has 0 aliphatic carbocycles. The minimum atomic E-state index is -1.09. The Balaban J connectivity index is 2.33. The quantitative estimate of drug-likeness (QED) is 0.626. The van der Waals surface area contributed by atoms with E-state index in [0.717, 1.165) is 6.04 Å². The van der Waals surface area contributed by atoms with Crippen LogP contribution in [0.3, 0.4) is 0 Å². The molecule has 1 rings (SSSR count). The molecular weight excluding hydrogens is 279 g/mol. The molecule has 1 aromatic heterocycles. The summed E-state index contributed by atoms with van der Waals surface area (Å²) >= 11 is 11.4. The van der Waals surface area contributed by atoms with Crippen molar-refractivity contribution >= 4 is 31.3 Å². The summed E-state index contributed by atoms with van der Waals surface area (Å²) < 4.78 is 5.41.